The fourth-order valence-electron chi connectivity index (χ4n) is 4.15. The molecule has 15 heteroatoms. The van der Waals surface area contributed by atoms with Gasteiger partial charge in [-0.1, -0.05) is 19.8 Å². The van der Waals surface area contributed by atoms with Crippen LogP contribution < -0.4 is 10.0 Å². The van der Waals surface area contributed by atoms with Gasteiger partial charge < -0.3 is 15.3 Å². The third-order valence-electron chi connectivity index (χ3n) is 6.38. The van der Waals surface area contributed by atoms with Crippen LogP contribution >= 0.6 is 0 Å². The molecule has 2 aromatic carbocycles. The monoisotopic (exact) mass is 625 g/mol. The molecule has 1 aliphatic heterocycles. The van der Waals surface area contributed by atoms with Crippen molar-refractivity contribution in [2.24, 2.45) is 5.92 Å². The minimum Gasteiger partial charge on any atom is -0.475 e. The number of amides is 1. The van der Waals surface area contributed by atoms with Gasteiger partial charge in [0, 0.05) is 24.3 Å². The highest BCUT2D eigenvalue weighted by atomic mass is 32.2. The number of benzene rings is 2. The van der Waals surface area contributed by atoms with E-state index in [1.807, 2.05) is 0 Å². The van der Waals surface area contributed by atoms with Crippen molar-refractivity contribution in [3.8, 4) is 0 Å². The number of carbonyl (C=O) groups excluding carboxylic acids is 1. The SMILES string of the molecule is CCCCCN1CCCC(CNS(=O)(=O)c2ccc(C(=O)Nc3ccc(C(F)(F)F)cc3)cc2)C1.O=C(O)C(F)(F)F. The average Bonchev–Trinajstić information content (AvgIpc) is 2.92. The summed E-state index contributed by atoms with van der Waals surface area (Å²) < 4.78 is 97.9. The van der Waals surface area contributed by atoms with Crippen molar-refractivity contribution < 1.29 is 49.5 Å². The first-order valence-electron chi connectivity index (χ1n) is 13.1. The van der Waals surface area contributed by atoms with Gasteiger partial charge >= 0.3 is 18.3 Å². The maximum absolute atomic E-state index is 12.7. The zero-order valence-electron chi connectivity index (χ0n) is 22.8. The number of halogens is 6. The predicted octanol–water partition coefficient (Wildman–Crippen LogP) is 5.77. The van der Waals surface area contributed by atoms with Crippen molar-refractivity contribution in [1.82, 2.24) is 9.62 Å². The average molecular weight is 626 g/mol. The molecule has 1 amide bonds. The van der Waals surface area contributed by atoms with E-state index in [1.165, 1.54) is 49.2 Å². The molecule has 0 spiro atoms. The van der Waals surface area contributed by atoms with Crippen molar-refractivity contribution in [1.29, 1.82) is 0 Å². The highest BCUT2D eigenvalue weighted by Gasteiger charge is 2.38. The molecular formula is C27H33F6N3O5S. The van der Waals surface area contributed by atoms with E-state index in [1.54, 1.807) is 0 Å². The Morgan fingerprint density at radius 3 is 2.10 bits per heavy atom. The van der Waals surface area contributed by atoms with Crippen LogP contribution in [0.15, 0.2) is 53.4 Å². The molecule has 0 bridgehead atoms. The summed E-state index contributed by atoms with van der Waals surface area (Å²) in [5, 5.41) is 9.63. The minimum atomic E-state index is -5.08. The number of nitrogens with one attached hydrogen (secondary N) is 2. The van der Waals surface area contributed by atoms with Crippen molar-refractivity contribution in [3.05, 3.63) is 59.7 Å². The topological polar surface area (TPSA) is 116 Å². The summed E-state index contributed by atoms with van der Waals surface area (Å²) in [5.41, 5.74) is -0.411. The molecule has 1 heterocycles. The van der Waals surface area contributed by atoms with Crippen LogP contribution in [-0.4, -0.2) is 62.7 Å². The van der Waals surface area contributed by atoms with Crippen LogP contribution in [0, 0.1) is 5.92 Å². The number of carbonyl (C=O) groups is 2. The van der Waals surface area contributed by atoms with E-state index in [9.17, 15) is 39.6 Å². The number of nitrogens with zero attached hydrogens (tertiary/aromatic N) is 1. The van der Waals surface area contributed by atoms with Crippen LogP contribution in [0.5, 0.6) is 0 Å². The van der Waals surface area contributed by atoms with Gasteiger partial charge in [-0.15, -0.1) is 0 Å². The number of aliphatic carboxylic acids is 1. The van der Waals surface area contributed by atoms with E-state index in [-0.39, 0.29) is 22.1 Å². The smallest absolute Gasteiger partial charge is 0.475 e. The molecule has 0 aromatic heterocycles. The molecule has 3 rings (SSSR count). The van der Waals surface area contributed by atoms with Gasteiger partial charge in [0.05, 0.1) is 10.5 Å². The summed E-state index contributed by atoms with van der Waals surface area (Å²) in [6.07, 6.45) is -3.97. The van der Waals surface area contributed by atoms with Crippen LogP contribution in [0.3, 0.4) is 0 Å². The lowest BCUT2D eigenvalue weighted by Gasteiger charge is -2.32. The normalized spacial score (nSPS) is 16.3. The number of hydrogen-bond acceptors (Lipinski definition) is 5. The Kier molecular flexibility index (Phi) is 12.8. The molecule has 0 radical (unpaired) electrons. The fraction of sp³-hybridized carbons (Fsp3) is 0.481. The number of likely N-dealkylation sites (tertiary alicyclic amines) is 1. The first-order chi connectivity index (χ1) is 19.5. The maximum Gasteiger partial charge on any atom is 0.490 e. The molecular weight excluding hydrogens is 592 g/mol. The van der Waals surface area contributed by atoms with Crippen LogP contribution in [0.1, 0.15) is 54.9 Å². The first-order valence-corrected chi connectivity index (χ1v) is 14.6. The Bertz CT molecular complexity index is 1270. The summed E-state index contributed by atoms with van der Waals surface area (Å²) in [6, 6.07) is 9.55. The first kappa shape index (κ1) is 35.0. The van der Waals surface area contributed by atoms with Gasteiger partial charge in [0.2, 0.25) is 10.0 Å². The van der Waals surface area contributed by atoms with Crippen molar-refractivity contribution >= 4 is 27.6 Å². The van der Waals surface area contributed by atoms with Crippen molar-refractivity contribution in [3.63, 3.8) is 0 Å². The number of carboxylic acid groups (broad SMARTS) is 1. The molecule has 8 nitrogen and oxygen atoms in total. The third-order valence-corrected chi connectivity index (χ3v) is 7.82. The Labute approximate surface area is 240 Å². The molecule has 42 heavy (non-hydrogen) atoms. The van der Waals surface area contributed by atoms with Gasteiger partial charge in [-0.3, -0.25) is 4.79 Å². The maximum atomic E-state index is 12.7. The lowest BCUT2D eigenvalue weighted by molar-refractivity contribution is -0.192. The van der Waals surface area contributed by atoms with E-state index < -0.39 is 39.8 Å². The van der Waals surface area contributed by atoms with E-state index in [0.717, 1.165) is 51.0 Å². The zero-order valence-corrected chi connectivity index (χ0v) is 23.6. The summed E-state index contributed by atoms with van der Waals surface area (Å²) >= 11 is 0. The van der Waals surface area contributed by atoms with E-state index in [0.29, 0.717) is 6.54 Å². The van der Waals surface area contributed by atoms with E-state index in [2.05, 4.69) is 21.9 Å². The number of piperidine rings is 1. The number of sulfonamides is 1. The Morgan fingerprint density at radius 1 is 0.976 bits per heavy atom. The molecule has 0 aliphatic carbocycles. The van der Waals surface area contributed by atoms with Crippen molar-refractivity contribution in [2.75, 3.05) is 31.5 Å². The fourth-order valence-corrected chi connectivity index (χ4v) is 5.26. The number of alkyl halides is 6. The zero-order chi connectivity index (χ0) is 31.6. The van der Waals surface area contributed by atoms with Crippen LogP contribution in [0.4, 0.5) is 32.0 Å². The lowest BCUT2D eigenvalue weighted by atomic mass is 9.98. The Balaban J connectivity index is 0.000000782. The second-order valence-electron chi connectivity index (χ2n) is 9.72. The Hall–Kier alpha value is -3.17. The molecule has 3 N–H and O–H groups in total. The van der Waals surface area contributed by atoms with Crippen molar-refractivity contribution in [2.45, 2.75) is 56.3 Å². The molecule has 2 aromatic rings. The predicted molar refractivity (Wildman–Crippen MR) is 143 cm³/mol. The molecule has 1 saturated heterocycles. The Morgan fingerprint density at radius 2 is 1.57 bits per heavy atom. The summed E-state index contributed by atoms with van der Waals surface area (Å²) in [5.74, 6) is -3.05. The number of rotatable bonds is 10. The highest BCUT2D eigenvalue weighted by molar-refractivity contribution is 7.89. The molecule has 234 valence electrons. The van der Waals surface area contributed by atoms with E-state index >= 15 is 0 Å². The van der Waals surface area contributed by atoms with Gasteiger partial charge in [-0.25, -0.2) is 17.9 Å². The van der Waals surface area contributed by atoms with Gasteiger partial charge in [-0.2, -0.15) is 26.3 Å². The van der Waals surface area contributed by atoms with Gasteiger partial charge in [0.15, 0.2) is 0 Å². The van der Waals surface area contributed by atoms with Crippen LogP contribution in [0.25, 0.3) is 0 Å². The van der Waals surface area contributed by atoms with Gasteiger partial charge in [0.1, 0.15) is 0 Å². The number of anilines is 1. The number of carboxylic acids is 1. The van der Waals surface area contributed by atoms with Gasteiger partial charge in [-0.05, 0) is 86.8 Å². The molecule has 1 fully saturated rings. The second-order valence-corrected chi connectivity index (χ2v) is 11.5. The van der Waals surface area contributed by atoms with Crippen LogP contribution in [0.2, 0.25) is 0 Å². The standard InChI is InChI=1S/C25H32F3N3O3S.C2HF3O2/c1-2-3-4-15-31-16-5-6-19(18-31)17-29-35(33,34)23-13-7-20(8-14-23)24(32)30-22-11-9-21(10-12-22)25(26,27)28;3-2(4,5)1(6)7/h7-14,19,29H,2-6,15-18H2,1H3,(H,30,32);(H,6,7). The number of hydrogen-bond donors (Lipinski definition) is 3. The quantitative estimate of drug-likeness (QED) is 0.228. The van der Waals surface area contributed by atoms with Crippen LogP contribution in [-0.2, 0) is 21.0 Å². The summed E-state index contributed by atoms with van der Waals surface area (Å²) in [6.45, 7) is 5.53. The summed E-state index contributed by atoms with van der Waals surface area (Å²) in [7, 11) is -3.72. The molecule has 1 aliphatic rings. The molecule has 1 unspecified atom stereocenters. The van der Waals surface area contributed by atoms with Gasteiger partial charge in [0.25, 0.3) is 5.91 Å². The number of unbranched alkanes of at least 4 members (excludes halogenated alkanes) is 2. The van der Waals surface area contributed by atoms with E-state index in [4.69, 9.17) is 9.90 Å². The lowest BCUT2D eigenvalue weighted by Crippen LogP contribution is -2.41. The minimum absolute atomic E-state index is 0.0548. The molecule has 1 atom stereocenters. The second kappa shape index (κ2) is 15.3. The molecule has 0 saturated carbocycles. The highest BCUT2D eigenvalue weighted by Crippen LogP contribution is 2.30. The summed E-state index contributed by atoms with van der Waals surface area (Å²) in [4.78, 5) is 23.8. The third kappa shape index (κ3) is 11.6. The largest absolute Gasteiger partial charge is 0.490 e.